The lowest BCUT2D eigenvalue weighted by atomic mass is 9.82. The second-order valence-corrected chi connectivity index (χ2v) is 5.51. The highest BCUT2D eigenvalue weighted by Gasteiger charge is 2.35. The molecule has 3 rings (SSSR count). The Kier molecular flexibility index (Phi) is 2.21. The summed E-state index contributed by atoms with van der Waals surface area (Å²) in [4.78, 5) is 4.13. The molecule has 0 unspecified atom stereocenters. The van der Waals surface area contributed by atoms with Gasteiger partial charge in [-0.2, -0.15) is 0 Å². The number of hydrogen-bond donors (Lipinski definition) is 0. The van der Waals surface area contributed by atoms with Gasteiger partial charge in [-0.25, -0.2) is 0 Å². The Morgan fingerprint density at radius 3 is 2.44 bits per heavy atom. The van der Waals surface area contributed by atoms with E-state index in [1.807, 2.05) is 0 Å². The van der Waals surface area contributed by atoms with E-state index in [4.69, 9.17) is 0 Å². The molecule has 0 aliphatic heterocycles. The van der Waals surface area contributed by atoms with Gasteiger partial charge >= 0.3 is 0 Å². The zero-order valence-electron chi connectivity index (χ0n) is 11.1. The summed E-state index contributed by atoms with van der Waals surface area (Å²) in [5.41, 5.74) is 7.71. The highest BCUT2D eigenvalue weighted by atomic mass is 14.7. The minimum absolute atomic E-state index is 0.0546. The fourth-order valence-electron chi connectivity index (χ4n) is 3.01. The van der Waals surface area contributed by atoms with Crippen LogP contribution in [0, 0.1) is 6.92 Å². The fraction of sp³-hybridized carbons (Fsp3) is 0.235. The highest BCUT2D eigenvalue weighted by molar-refractivity contribution is 5.83. The third-order valence-corrected chi connectivity index (χ3v) is 4.07. The monoisotopic (exact) mass is 235 g/mol. The lowest BCUT2D eigenvalue weighted by Crippen LogP contribution is -2.14. The molecule has 1 heteroatoms. The predicted molar refractivity (Wildman–Crippen MR) is 78.0 cm³/mol. The van der Waals surface area contributed by atoms with Crippen LogP contribution in [-0.2, 0) is 5.41 Å². The first kappa shape index (κ1) is 11.2. The van der Waals surface area contributed by atoms with E-state index in [2.05, 4.69) is 68.9 Å². The van der Waals surface area contributed by atoms with Gasteiger partial charge in [0.25, 0.3) is 0 Å². The van der Waals surface area contributed by atoms with Crippen LogP contribution < -0.4 is 0 Å². The molecule has 0 saturated carbocycles. The highest BCUT2D eigenvalue weighted by Crippen LogP contribution is 2.50. The molecule has 1 aliphatic rings. The molecule has 90 valence electrons. The van der Waals surface area contributed by atoms with Crippen LogP contribution in [0.3, 0.4) is 0 Å². The number of fused-ring (bicyclic) bond motifs is 3. The van der Waals surface area contributed by atoms with Gasteiger partial charge in [0.05, 0.1) is 5.69 Å². The smallest absolute Gasteiger partial charge is 0.0655 e. The van der Waals surface area contributed by atoms with Gasteiger partial charge in [0.1, 0.15) is 0 Å². The number of benzene rings is 2. The Morgan fingerprint density at radius 1 is 1.00 bits per heavy atom. The quantitative estimate of drug-likeness (QED) is 0.639. The van der Waals surface area contributed by atoms with Crippen molar-refractivity contribution in [1.29, 1.82) is 0 Å². The maximum atomic E-state index is 4.13. The van der Waals surface area contributed by atoms with Crippen molar-refractivity contribution >= 4 is 12.4 Å². The molecule has 0 atom stereocenters. The normalized spacial score (nSPS) is 15.1. The van der Waals surface area contributed by atoms with Crippen molar-refractivity contribution < 1.29 is 0 Å². The number of nitrogens with zero attached hydrogens (tertiary/aromatic N) is 1. The first-order valence-electron chi connectivity index (χ1n) is 6.27. The van der Waals surface area contributed by atoms with Crippen LogP contribution in [-0.4, -0.2) is 6.72 Å². The van der Waals surface area contributed by atoms with E-state index in [1.54, 1.807) is 0 Å². The average molecular weight is 235 g/mol. The molecule has 0 fully saturated rings. The van der Waals surface area contributed by atoms with E-state index in [0.717, 1.165) is 5.69 Å². The first-order valence-corrected chi connectivity index (χ1v) is 6.27. The van der Waals surface area contributed by atoms with Crippen LogP contribution >= 0.6 is 0 Å². The van der Waals surface area contributed by atoms with Gasteiger partial charge in [-0.1, -0.05) is 38.1 Å². The molecule has 0 N–H and O–H groups in total. The van der Waals surface area contributed by atoms with E-state index in [-0.39, 0.29) is 5.41 Å². The number of hydrogen-bond acceptors (Lipinski definition) is 1. The lowest BCUT2D eigenvalue weighted by Gasteiger charge is -2.21. The predicted octanol–water partition coefficient (Wildman–Crippen LogP) is 4.63. The van der Waals surface area contributed by atoms with Crippen LogP contribution in [0.1, 0.15) is 30.5 Å². The van der Waals surface area contributed by atoms with Gasteiger partial charge in [-0.15, -0.1) is 0 Å². The molecule has 0 amide bonds. The van der Waals surface area contributed by atoms with Crippen LogP contribution in [0.15, 0.2) is 41.4 Å². The van der Waals surface area contributed by atoms with Crippen molar-refractivity contribution in [3.8, 4) is 11.1 Å². The lowest BCUT2D eigenvalue weighted by molar-refractivity contribution is 0.660. The van der Waals surface area contributed by atoms with Crippen molar-refractivity contribution in [2.75, 3.05) is 0 Å². The summed E-state index contributed by atoms with van der Waals surface area (Å²) in [5.74, 6) is 0. The molecule has 0 saturated heterocycles. The molecule has 1 nitrogen and oxygen atoms in total. The van der Waals surface area contributed by atoms with Gasteiger partial charge in [0.2, 0.25) is 0 Å². The van der Waals surface area contributed by atoms with Gasteiger partial charge < -0.3 is 0 Å². The second-order valence-electron chi connectivity index (χ2n) is 5.51. The summed E-state index contributed by atoms with van der Waals surface area (Å²) in [6.45, 7) is 10.3. The van der Waals surface area contributed by atoms with Crippen LogP contribution in [0.5, 0.6) is 0 Å². The first-order chi connectivity index (χ1) is 8.55. The van der Waals surface area contributed by atoms with Gasteiger partial charge in [0.15, 0.2) is 0 Å². The zero-order valence-corrected chi connectivity index (χ0v) is 11.1. The van der Waals surface area contributed by atoms with Crippen molar-refractivity contribution in [2.45, 2.75) is 26.2 Å². The summed E-state index contributed by atoms with van der Waals surface area (Å²) in [7, 11) is 0. The summed E-state index contributed by atoms with van der Waals surface area (Å²) in [5, 5.41) is 0. The molecule has 0 spiro atoms. The summed E-state index contributed by atoms with van der Waals surface area (Å²) < 4.78 is 0. The summed E-state index contributed by atoms with van der Waals surface area (Å²) >= 11 is 0. The third kappa shape index (κ3) is 1.30. The van der Waals surface area contributed by atoms with E-state index >= 15 is 0 Å². The van der Waals surface area contributed by atoms with Crippen molar-refractivity contribution in [3.63, 3.8) is 0 Å². The van der Waals surface area contributed by atoms with E-state index in [1.165, 1.54) is 27.8 Å². The SMILES string of the molecule is C=Nc1cc2c(cc1C)-c1ccccc1C2(C)C. The van der Waals surface area contributed by atoms with Crippen molar-refractivity contribution in [1.82, 2.24) is 0 Å². The summed E-state index contributed by atoms with van der Waals surface area (Å²) in [6, 6.07) is 13.1. The second kappa shape index (κ2) is 3.55. The number of aliphatic imine (C=N–C) groups is 1. The molecule has 18 heavy (non-hydrogen) atoms. The molecule has 0 aromatic heterocycles. The number of rotatable bonds is 1. The number of aryl methyl sites for hydroxylation is 1. The Bertz CT molecular complexity index is 651. The largest absolute Gasteiger partial charge is 0.264 e. The van der Waals surface area contributed by atoms with Crippen molar-refractivity contribution in [3.05, 3.63) is 53.1 Å². The molecular weight excluding hydrogens is 218 g/mol. The molecule has 0 radical (unpaired) electrons. The topological polar surface area (TPSA) is 12.4 Å². The van der Waals surface area contributed by atoms with Crippen LogP contribution in [0.25, 0.3) is 11.1 Å². The van der Waals surface area contributed by atoms with E-state index in [0.29, 0.717) is 0 Å². The summed E-state index contributed by atoms with van der Waals surface area (Å²) in [6.07, 6.45) is 0. The molecule has 1 aliphatic carbocycles. The average Bonchev–Trinajstić information content (AvgIpc) is 2.58. The minimum Gasteiger partial charge on any atom is -0.264 e. The Hall–Kier alpha value is -1.89. The third-order valence-electron chi connectivity index (χ3n) is 4.07. The standard InChI is InChI=1S/C17H17N/c1-11-9-13-12-7-5-6-8-14(12)17(2,3)15(13)10-16(11)18-4/h5-10H,4H2,1-3H3. The van der Waals surface area contributed by atoms with Crippen LogP contribution in [0.4, 0.5) is 5.69 Å². The molecule has 0 heterocycles. The Balaban J connectivity index is 2.38. The van der Waals surface area contributed by atoms with Gasteiger partial charge in [-0.3, -0.25) is 4.99 Å². The zero-order chi connectivity index (χ0) is 12.9. The van der Waals surface area contributed by atoms with Gasteiger partial charge in [0, 0.05) is 5.41 Å². The molecule has 0 bridgehead atoms. The maximum absolute atomic E-state index is 4.13. The molecule has 2 aromatic rings. The maximum Gasteiger partial charge on any atom is 0.0655 e. The Morgan fingerprint density at radius 2 is 1.72 bits per heavy atom. The van der Waals surface area contributed by atoms with Crippen molar-refractivity contribution in [2.24, 2.45) is 4.99 Å². The molecule has 2 aromatic carbocycles. The fourth-order valence-corrected chi connectivity index (χ4v) is 3.01. The van der Waals surface area contributed by atoms with E-state index in [9.17, 15) is 0 Å². The minimum atomic E-state index is 0.0546. The van der Waals surface area contributed by atoms with E-state index < -0.39 is 0 Å². The van der Waals surface area contributed by atoms with Gasteiger partial charge in [-0.05, 0) is 53.6 Å². The van der Waals surface area contributed by atoms with Crippen LogP contribution in [0.2, 0.25) is 0 Å². The molecular formula is C17H17N. The Labute approximate surface area is 108 Å².